The van der Waals surface area contributed by atoms with Crippen molar-refractivity contribution in [3.05, 3.63) is 66.0 Å². The minimum atomic E-state index is -0.472. The van der Waals surface area contributed by atoms with Crippen molar-refractivity contribution >= 4 is 17.5 Å². The van der Waals surface area contributed by atoms with Crippen molar-refractivity contribution in [2.24, 2.45) is 5.92 Å². The summed E-state index contributed by atoms with van der Waals surface area (Å²) in [5, 5.41) is 4.17. The number of hydrogen-bond donors (Lipinski definition) is 0. The van der Waals surface area contributed by atoms with Crippen molar-refractivity contribution in [2.75, 3.05) is 18.0 Å². The number of hydrazine groups is 1. The van der Waals surface area contributed by atoms with E-state index in [4.69, 9.17) is 0 Å². The van der Waals surface area contributed by atoms with Crippen LogP contribution < -0.4 is 4.90 Å². The molecule has 6 heteroatoms. The predicted octanol–water partition coefficient (Wildman–Crippen LogP) is 2.36. The fraction of sp³-hybridized carbons (Fsp3) is 0.300. The Hall–Kier alpha value is -2.57. The molecule has 5 nitrogen and oxygen atoms in total. The normalized spacial score (nSPS) is 28.7. The van der Waals surface area contributed by atoms with Crippen molar-refractivity contribution in [2.45, 2.75) is 18.5 Å². The molecule has 3 fully saturated rings. The summed E-state index contributed by atoms with van der Waals surface area (Å²) in [5.74, 6) is -1.10. The highest BCUT2D eigenvalue weighted by Crippen LogP contribution is 2.48. The zero-order valence-electron chi connectivity index (χ0n) is 14.1. The second-order valence-corrected chi connectivity index (χ2v) is 6.99. The Morgan fingerprint density at radius 3 is 2.15 bits per heavy atom. The zero-order valence-corrected chi connectivity index (χ0v) is 14.1. The van der Waals surface area contributed by atoms with Gasteiger partial charge in [-0.1, -0.05) is 30.3 Å². The first-order chi connectivity index (χ1) is 12.7. The van der Waals surface area contributed by atoms with E-state index in [1.807, 2.05) is 23.2 Å². The van der Waals surface area contributed by atoms with Gasteiger partial charge in [-0.15, -0.1) is 0 Å². The molecule has 3 aliphatic rings. The number of benzene rings is 2. The number of anilines is 1. The van der Waals surface area contributed by atoms with E-state index >= 15 is 0 Å². The minimum Gasteiger partial charge on any atom is -0.274 e. The Kier molecular flexibility index (Phi) is 3.45. The zero-order chi connectivity index (χ0) is 17.8. The average Bonchev–Trinajstić information content (AvgIpc) is 3.29. The van der Waals surface area contributed by atoms with Crippen LogP contribution in [0.4, 0.5) is 10.1 Å². The summed E-state index contributed by atoms with van der Waals surface area (Å²) in [4.78, 5) is 27.7. The lowest BCUT2D eigenvalue weighted by molar-refractivity contribution is -0.126. The molecule has 0 bridgehead atoms. The van der Waals surface area contributed by atoms with E-state index in [0.717, 1.165) is 25.1 Å². The fourth-order valence-corrected chi connectivity index (χ4v) is 4.60. The third-order valence-corrected chi connectivity index (χ3v) is 5.63. The van der Waals surface area contributed by atoms with Gasteiger partial charge in [-0.2, -0.15) is 0 Å². The summed E-state index contributed by atoms with van der Waals surface area (Å²) in [6.45, 7) is 1.57. The summed E-state index contributed by atoms with van der Waals surface area (Å²) in [6.07, 6.45) is 0.952. The molecule has 26 heavy (non-hydrogen) atoms. The van der Waals surface area contributed by atoms with Crippen LogP contribution in [0.1, 0.15) is 18.0 Å². The summed E-state index contributed by atoms with van der Waals surface area (Å²) >= 11 is 0. The van der Waals surface area contributed by atoms with Crippen LogP contribution >= 0.6 is 0 Å². The third kappa shape index (κ3) is 2.09. The largest absolute Gasteiger partial charge is 0.274 e. The topological polar surface area (TPSA) is 43.9 Å². The van der Waals surface area contributed by atoms with Crippen molar-refractivity contribution in [1.82, 2.24) is 10.0 Å². The molecule has 3 unspecified atom stereocenters. The highest BCUT2D eigenvalue weighted by Gasteiger charge is 2.62. The van der Waals surface area contributed by atoms with Crippen molar-refractivity contribution in [3.63, 3.8) is 0 Å². The maximum Gasteiger partial charge on any atom is 0.253 e. The standard InChI is InChI=1S/C20H18FN3O2/c21-14-9-7-13(8-10-14)17-16-18(23-12-4-11-22(17)23)20(26)24(19(16)25)15-5-2-1-3-6-15/h1-3,5-10,16-18H,4,11-12H2. The molecule has 3 heterocycles. The molecular weight excluding hydrogens is 333 g/mol. The van der Waals surface area contributed by atoms with Gasteiger partial charge >= 0.3 is 0 Å². The average molecular weight is 351 g/mol. The molecular formula is C20H18FN3O2. The molecule has 3 aliphatic heterocycles. The molecule has 3 atom stereocenters. The highest BCUT2D eigenvalue weighted by atomic mass is 19.1. The van der Waals surface area contributed by atoms with Gasteiger partial charge in [0.1, 0.15) is 11.9 Å². The maximum absolute atomic E-state index is 13.4. The summed E-state index contributed by atoms with van der Waals surface area (Å²) in [6, 6.07) is 14.7. The van der Waals surface area contributed by atoms with Gasteiger partial charge in [-0.3, -0.25) is 9.59 Å². The van der Waals surface area contributed by atoms with Crippen LogP contribution in [0.3, 0.4) is 0 Å². The Morgan fingerprint density at radius 1 is 0.808 bits per heavy atom. The van der Waals surface area contributed by atoms with Crippen molar-refractivity contribution in [3.8, 4) is 0 Å². The monoisotopic (exact) mass is 351 g/mol. The molecule has 0 N–H and O–H groups in total. The van der Waals surface area contributed by atoms with Gasteiger partial charge in [-0.05, 0) is 36.2 Å². The van der Waals surface area contributed by atoms with Crippen LogP contribution in [-0.4, -0.2) is 41.0 Å². The molecule has 132 valence electrons. The van der Waals surface area contributed by atoms with E-state index < -0.39 is 12.0 Å². The number of nitrogens with zero attached hydrogens (tertiary/aromatic N) is 3. The van der Waals surface area contributed by atoms with Crippen LogP contribution in [0.5, 0.6) is 0 Å². The van der Waals surface area contributed by atoms with E-state index in [1.54, 1.807) is 24.3 Å². The third-order valence-electron chi connectivity index (χ3n) is 5.63. The lowest BCUT2D eigenvalue weighted by atomic mass is 9.90. The van der Waals surface area contributed by atoms with Gasteiger partial charge in [0.2, 0.25) is 5.91 Å². The lowest BCUT2D eigenvalue weighted by Crippen LogP contribution is -2.44. The summed E-state index contributed by atoms with van der Waals surface area (Å²) in [5.41, 5.74) is 1.49. The maximum atomic E-state index is 13.4. The number of para-hydroxylation sites is 1. The van der Waals surface area contributed by atoms with Crippen LogP contribution in [0.25, 0.3) is 0 Å². The van der Waals surface area contributed by atoms with Crippen LogP contribution in [0.2, 0.25) is 0 Å². The lowest BCUT2D eigenvalue weighted by Gasteiger charge is -2.29. The number of carbonyl (C=O) groups excluding carboxylic acids is 2. The van der Waals surface area contributed by atoms with E-state index in [9.17, 15) is 14.0 Å². The first-order valence-corrected chi connectivity index (χ1v) is 8.88. The van der Waals surface area contributed by atoms with E-state index in [-0.39, 0.29) is 23.7 Å². The molecule has 2 aromatic rings. The molecule has 0 saturated carbocycles. The number of imide groups is 1. The fourth-order valence-electron chi connectivity index (χ4n) is 4.60. The van der Waals surface area contributed by atoms with Crippen molar-refractivity contribution in [1.29, 1.82) is 0 Å². The first kappa shape index (κ1) is 15.7. The molecule has 0 spiro atoms. The minimum absolute atomic E-state index is 0.164. The second kappa shape index (κ2) is 5.72. The second-order valence-electron chi connectivity index (χ2n) is 6.99. The summed E-state index contributed by atoms with van der Waals surface area (Å²) in [7, 11) is 0. The number of rotatable bonds is 2. The highest BCUT2D eigenvalue weighted by molar-refractivity contribution is 6.24. The number of hydrogen-bond acceptors (Lipinski definition) is 4. The predicted molar refractivity (Wildman–Crippen MR) is 93.4 cm³/mol. The number of amides is 2. The summed E-state index contributed by atoms with van der Waals surface area (Å²) < 4.78 is 13.4. The molecule has 2 aromatic carbocycles. The smallest absolute Gasteiger partial charge is 0.253 e. The van der Waals surface area contributed by atoms with Gasteiger partial charge in [0, 0.05) is 13.1 Å². The molecule has 0 aromatic heterocycles. The van der Waals surface area contributed by atoms with E-state index in [2.05, 4.69) is 5.01 Å². The van der Waals surface area contributed by atoms with Gasteiger partial charge in [0.15, 0.2) is 0 Å². The van der Waals surface area contributed by atoms with Crippen LogP contribution in [0.15, 0.2) is 54.6 Å². The first-order valence-electron chi connectivity index (χ1n) is 8.88. The van der Waals surface area contributed by atoms with Gasteiger partial charge in [-0.25, -0.2) is 19.3 Å². The van der Waals surface area contributed by atoms with E-state index in [0.29, 0.717) is 5.69 Å². The molecule has 2 amide bonds. The Balaban J connectivity index is 1.59. The van der Waals surface area contributed by atoms with Crippen molar-refractivity contribution < 1.29 is 14.0 Å². The molecule has 0 aliphatic carbocycles. The number of carbonyl (C=O) groups is 2. The van der Waals surface area contributed by atoms with Gasteiger partial charge < -0.3 is 0 Å². The van der Waals surface area contributed by atoms with Crippen LogP contribution in [0, 0.1) is 11.7 Å². The Bertz CT molecular complexity index is 870. The van der Waals surface area contributed by atoms with E-state index in [1.165, 1.54) is 17.0 Å². The molecule has 5 rings (SSSR count). The number of halogens is 1. The Morgan fingerprint density at radius 2 is 1.46 bits per heavy atom. The molecule has 0 radical (unpaired) electrons. The molecule has 3 saturated heterocycles. The van der Waals surface area contributed by atoms with Crippen LogP contribution in [-0.2, 0) is 9.59 Å². The van der Waals surface area contributed by atoms with Gasteiger partial charge in [0.05, 0.1) is 17.6 Å². The SMILES string of the molecule is O=C1C2C(C(=O)N1c1ccccc1)N1CCCN1C2c1ccc(F)cc1. The Labute approximate surface area is 150 Å². The van der Waals surface area contributed by atoms with Gasteiger partial charge in [0.25, 0.3) is 5.91 Å². The quantitative estimate of drug-likeness (QED) is 0.779. The number of fused-ring (bicyclic) bond motifs is 3.